The number of fused-ring (bicyclic) bond motifs is 1. The maximum absolute atomic E-state index is 4.72. The van der Waals surface area contributed by atoms with Crippen LogP contribution >= 0.6 is 11.3 Å². The molecule has 1 heterocycles. The van der Waals surface area contributed by atoms with Gasteiger partial charge in [0.2, 0.25) is 0 Å². The molecule has 4 aliphatic rings. The third-order valence-electron chi connectivity index (χ3n) is 6.20. The van der Waals surface area contributed by atoms with Crippen molar-refractivity contribution < 1.29 is 0 Å². The molecular formula is C18H22N2S. The normalized spacial score (nSPS) is 37.2. The van der Waals surface area contributed by atoms with E-state index >= 15 is 0 Å². The maximum Gasteiger partial charge on any atom is 0.183 e. The van der Waals surface area contributed by atoms with E-state index in [-0.39, 0.29) is 0 Å². The molecule has 4 saturated carbocycles. The zero-order valence-electron chi connectivity index (χ0n) is 12.3. The Bertz CT molecular complexity index is 601. The number of nitrogens with one attached hydrogen (secondary N) is 1. The van der Waals surface area contributed by atoms with Gasteiger partial charge >= 0.3 is 0 Å². The average molecular weight is 298 g/mol. The number of rotatable bonds is 3. The van der Waals surface area contributed by atoms with E-state index in [0.29, 0.717) is 0 Å². The van der Waals surface area contributed by atoms with Gasteiger partial charge in [-0.2, -0.15) is 0 Å². The van der Waals surface area contributed by atoms with Gasteiger partial charge in [-0.15, -0.1) is 0 Å². The van der Waals surface area contributed by atoms with Gasteiger partial charge in [-0.05, 0) is 73.8 Å². The number of hydrogen-bond acceptors (Lipinski definition) is 3. The van der Waals surface area contributed by atoms with Crippen molar-refractivity contribution in [2.75, 3.05) is 11.9 Å². The summed E-state index contributed by atoms with van der Waals surface area (Å²) in [6, 6.07) is 8.45. The van der Waals surface area contributed by atoms with Crippen molar-refractivity contribution in [2.45, 2.75) is 32.1 Å². The number of benzene rings is 1. The van der Waals surface area contributed by atoms with Crippen molar-refractivity contribution in [1.29, 1.82) is 0 Å². The van der Waals surface area contributed by atoms with E-state index in [1.165, 1.54) is 30.4 Å². The van der Waals surface area contributed by atoms with E-state index in [2.05, 4.69) is 29.6 Å². The zero-order valence-corrected chi connectivity index (χ0v) is 13.1. The highest BCUT2D eigenvalue weighted by molar-refractivity contribution is 7.22. The summed E-state index contributed by atoms with van der Waals surface area (Å²) in [7, 11) is 0. The zero-order chi connectivity index (χ0) is 13.8. The summed E-state index contributed by atoms with van der Waals surface area (Å²) in [4.78, 5) is 4.72. The molecule has 2 aromatic rings. The lowest BCUT2D eigenvalue weighted by atomic mass is 9.52. The molecule has 4 aliphatic carbocycles. The first kappa shape index (κ1) is 12.5. The summed E-state index contributed by atoms with van der Waals surface area (Å²) < 4.78 is 1.30. The molecule has 110 valence electrons. The van der Waals surface area contributed by atoms with Gasteiger partial charge in [0.15, 0.2) is 5.13 Å². The Kier molecular flexibility index (Phi) is 2.79. The second kappa shape index (κ2) is 4.70. The van der Waals surface area contributed by atoms with Crippen LogP contribution in [-0.2, 0) is 0 Å². The molecule has 3 heteroatoms. The highest BCUT2D eigenvalue weighted by Crippen LogP contribution is 2.56. The van der Waals surface area contributed by atoms with Crippen LogP contribution in [0.15, 0.2) is 24.3 Å². The van der Waals surface area contributed by atoms with Crippen LogP contribution in [0.3, 0.4) is 0 Å². The number of nitrogens with zero attached hydrogens (tertiary/aromatic N) is 1. The topological polar surface area (TPSA) is 24.9 Å². The minimum atomic E-state index is 0.907. The molecule has 1 aromatic carbocycles. The summed E-state index contributed by atoms with van der Waals surface area (Å²) in [6.45, 7) is 1.15. The molecule has 0 aliphatic heterocycles. The lowest BCUT2D eigenvalue weighted by Gasteiger charge is -2.54. The van der Waals surface area contributed by atoms with Gasteiger partial charge in [-0.1, -0.05) is 23.5 Å². The van der Waals surface area contributed by atoms with Gasteiger partial charge in [-0.25, -0.2) is 4.98 Å². The number of aromatic nitrogens is 1. The smallest absolute Gasteiger partial charge is 0.183 e. The van der Waals surface area contributed by atoms with Crippen molar-refractivity contribution in [2.24, 2.45) is 29.6 Å². The fourth-order valence-electron chi connectivity index (χ4n) is 5.52. The SMILES string of the molecule is c1ccc2sc(NCC3C4CC5CC(C4)CC3C5)nc2c1. The highest BCUT2D eigenvalue weighted by atomic mass is 32.1. The first-order chi connectivity index (χ1) is 10.3. The van der Waals surface area contributed by atoms with E-state index in [1.54, 1.807) is 17.8 Å². The molecular weight excluding hydrogens is 276 g/mol. The number of anilines is 1. The van der Waals surface area contributed by atoms with Gasteiger partial charge in [0.25, 0.3) is 0 Å². The van der Waals surface area contributed by atoms with Crippen LogP contribution in [0.4, 0.5) is 5.13 Å². The minimum absolute atomic E-state index is 0.907. The Morgan fingerprint density at radius 3 is 2.43 bits per heavy atom. The van der Waals surface area contributed by atoms with Crippen molar-refractivity contribution in [3.63, 3.8) is 0 Å². The van der Waals surface area contributed by atoms with E-state index in [4.69, 9.17) is 4.98 Å². The first-order valence-electron chi connectivity index (χ1n) is 8.44. The first-order valence-corrected chi connectivity index (χ1v) is 9.26. The monoisotopic (exact) mass is 298 g/mol. The van der Waals surface area contributed by atoms with Crippen LogP contribution in [0, 0.1) is 29.6 Å². The van der Waals surface area contributed by atoms with Crippen molar-refractivity contribution >= 4 is 26.7 Å². The minimum Gasteiger partial charge on any atom is -0.361 e. The fraction of sp³-hybridized carbons (Fsp3) is 0.611. The van der Waals surface area contributed by atoms with Gasteiger partial charge in [0.05, 0.1) is 10.2 Å². The molecule has 1 N–H and O–H groups in total. The van der Waals surface area contributed by atoms with Crippen LogP contribution in [0.1, 0.15) is 32.1 Å². The Balaban J connectivity index is 1.32. The average Bonchev–Trinajstić information content (AvgIpc) is 2.88. The van der Waals surface area contributed by atoms with Crippen LogP contribution < -0.4 is 5.32 Å². The molecule has 1 aromatic heterocycles. The van der Waals surface area contributed by atoms with Gasteiger partial charge < -0.3 is 5.32 Å². The Morgan fingerprint density at radius 1 is 1.00 bits per heavy atom. The number of thiazole rings is 1. The number of hydrogen-bond donors (Lipinski definition) is 1. The lowest BCUT2D eigenvalue weighted by Crippen LogP contribution is -2.47. The summed E-state index contributed by atoms with van der Waals surface area (Å²) >= 11 is 1.80. The molecule has 0 radical (unpaired) electrons. The van der Waals surface area contributed by atoms with Gasteiger partial charge in [0.1, 0.15) is 0 Å². The quantitative estimate of drug-likeness (QED) is 0.882. The summed E-state index contributed by atoms with van der Waals surface area (Å²) in [5, 5.41) is 4.79. The van der Waals surface area contributed by atoms with E-state index in [1.807, 2.05) is 0 Å². The van der Waals surface area contributed by atoms with Crippen LogP contribution in [-0.4, -0.2) is 11.5 Å². The largest absolute Gasteiger partial charge is 0.361 e. The van der Waals surface area contributed by atoms with Crippen LogP contribution in [0.5, 0.6) is 0 Å². The Hall–Kier alpha value is -1.09. The standard InChI is InChI=1S/C18H22N2S/c1-2-4-17-16(3-1)20-18(21-17)19-10-15-13-6-11-5-12(8-13)9-14(15)7-11/h1-4,11-15H,5-10H2,(H,19,20). The fourth-order valence-corrected chi connectivity index (χ4v) is 6.40. The highest BCUT2D eigenvalue weighted by Gasteiger charge is 2.47. The maximum atomic E-state index is 4.72. The van der Waals surface area contributed by atoms with Crippen molar-refractivity contribution in [1.82, 2.24) is 4.98 Å². The Morgan fingerprint density at radius 2 is 1.71 bits per heavy atom. The second-order valence-corrected chi connectivity index (χ2v) is 8.49. The molecule has 6 rings (SSSR count). The summed E-state index contributed by atoms with van der Waals surface area (Å²) in [6.07, 6.45) is 7.60. The third-order valence-corrected chi connectivity index (χ3v) is 7.20. The summed E-state index contributed by atoms with van der Waals surface area (Å²) in [5.74, 6) is 5.06. The third kappa shape index (κ3) is 2.09. The molecule has 0 spiro atoms. The van der Waals surface area contributed by atoms with Crippen molar-refractivity contribution in [3.05, 3.63) is 24.3 Å². The predicted octanol–water partition coefficient (Wildman–Crippen LogP) is 4.78. The summed E-state index contributed by atoms with van der Waals surface area (Å²) in [5.41, 5.74) is 1.13. The second-order valence-electron chi connectivity index (χ2n) is 7.46. The van der Waals surface area contributed by atoms with Crippen LogP contribution in [0.2, 0.25) is 0 Å². The molecule has 0 atom stereocenters. The van der Waals surface area contributed by atoms with Crippen molar-refractivity contribution in [3.8, 4) is 0 Å². The molecule has 0 saturated heterocycles. The molecule has 0 unspecified atom stereocenters. The number of para-hydroxylation sites is 1. The van der Waals surface area contributed by atoms with E-state index in [9.17, 15) is 0 Å². The van der Waals surface area contributed by atoms with E-state index < -0.39 is 0 Å². The predicted molar refractivity (Wildman–Crippen MR) is 88.6 cm³/mol. The van der Waals surface area contributed by atoms with Gasteiger partial charge in [0, 0.05) is 6.54 Å². The lowest BCUT2D eigenvalue weighted by molar-refractivity contribution is -0.0305. The molecule has 0 amide bonds. The Labute approximate surface area is 130 Å². The molecule has 4 fully saturated rings. The molecule has 4 bridgehead atoms. The van der Waals surface area contributed by atoms with Gasteiger partial charge in [-0.3, -0.25) is 0 Å². The van der Waals surface area contributed by atoms with E-state index in [0.717, 1.165) is 46.8 Å². The molecule has 21 heavy (non-hydrogen) atoms. The molecule has 2 nitrogen and oxygen atoms in total. The van der Waals surface area contributed by atoms with Crippen LogP contribution in [0.25, 0.3) is 10.2 Å².